The van der Waals surface area contributed by atoms with Crippen LogP contribution in [0.5, 0.6) is 0 Å². The molecule has 0 atom stereocenters. The average Bonchev–Trinajstić information content (AvgIpc) is 3.62. The molecule has 2 heterocycles. The first-order valence-corrected chi connectivity index (χ1v) is 21.3. The summed E-state index contributed by atoms with van der Waals surface area (Å²) in [5.74, 6) is -5.55. The number of fused-ring (bicyclic) bond motifs is 1. The van der Waals surface area contributed by atoms with Crippen LogP contribution in [0, 0.1) is 11.6 Å². The number of hydrazine groups is 1. The first kappa shape index (κ1) is 41.1. The van der Waals surface area contributed by atoms with Crippen molar-refractivity contribution >= 4 is 99.5 Å². The van der Waals surface area contributed by atoms with E-state index in [0.717, 1.165) is 75.4 Å². The number of benzene rings is 4. The van der Waals surface area contributed by atoms with Crippen LogP contribution in [-0.4, -0.2) is 48.1 Å². The van der Waals surface area contributed by atoms with Crippen molar-refractivity contribution in [1.29, 1.82) is 0 Å². The molecule has 6 aromatic rings. The zero-order valence-corrected chi connectivity index (χ0v) is 34.4. The third-order valence-electron chi connectivity index (χ3n) is 8.94. The Morgan fingerprint density at radius 2 is 1.14 bits per heavy atom. The number of pyridine rings is 1. The van der Waals surface area contributed by atoms with Crippen molar-refractivity contribution in [3.05, 3.63) is 129 Å². The Labute approximate surface area is 340 Å². The van der Waals surface area contributed by atoms with Gasteiger partial charge in [0.1, 0.15) is 21.4 Å². The number of aromatic nitrogens is 2. The third kappa shape index (κ3) is 7.27. The van der Waals surface area contributed by atoms with E-state index in [1.54, 1.807) is 54.6 Å². The minimum atomic E-state index is -4.98. The second-order valence-corrected chi connectivity index (χ2v) is 20.4. The zero-order chi connectivity index (χ0) is 41.0. The van der Waals surface area contributed by atoms with Crippen molar-refractivity contribution in [2.45, 2.75) is 47.0 Å². The molecular weight excluding hydrogens is 849 g/mol. The SMILES string of the molecule is CC(C)(C(=O)N(c1ccc2ccccc2n1)N(C(=O)C(C)(C)S(=O)(=O)c1ccc(Cl)cc1F)c1nc(-c2ccc(Cl)cc2)cs1)S(=O)(=O)c1ccc(Cl)cc1F. The summed E-state index contributed by atoms with van der Waals surface area (Å²) in [5, 5.41) is 3.20. The maximum absolute atomic E-state index is 15.3. The predicted molar refractivity (Wildman–Crippen MR) is 215 cm³/mol. The molecule has 0 aliphatic rings. The molecule has 0 N–H and O–H groups in total. The molecule has 18 heteroatoms. The molecule has 0 aliphatic carbocycles. The Morgan fingerprint density at radius 3 is 1.68 bits per heavy atom. The highest BCUT2D eigenvalue weighted by atomic mass is 35.5. The number of para-hydroxylation sites is 1. The summed E-state index contributed by atoms with van der Waals surface area (Å²) < 4.78 is 82.6. The quantitative estimate of drug-likeness (QED) is 0.131. The van der Waals surface area contributed by atoms with Crippen LogP contribution >= 0.6 is 46.1 Å². The highest BCUT2D eigenvalue weighted by Crippen LogP contribution is 2.39. The second-order valence-electron chi connectivity index (χ2n) is 13.3. The van der Waals surface area contributed by atoms with Gasteiger partial charge < -0.3 is 0 Å². The minimum Gasteiger partial charge on any atom is -0.271 e. The van der Waals surface area contributed by atoms with Gasteiger partial charge in [0.25, 0.3) is 11.8 Å². The molecule has 4 aromatic carbocycles. The molecular formula is C38H29Cl3F2N4O6S3. The molecule has 0 spiro atoms. The normalized spacial score (nSPS) is 12.4. The lowest BCUT2D eigenvalue weighted by Gasteiger charge is -2.39. The lowest BCUT2D eigenvalue weighted by molar-refractivity contribution is -0.125. The van der Waals surface area contributed by atoms with E-state index in [0.29, 0.717) is 31.5 Å². The lowest BCUT2D eigenvalue weighted by atomic mass is 10.1. The van der Waals surface area contributed by atoms with Crippen molar-refractivity contribution in [3.8, 4) is 11.3 Å². The van der Waals surface area contributed by atoms with Gasteiger partial charge in [0, 0.05) is 31.4 Å². The van der Waals surface area contributed by atoms with E-state index >= 15 is 18.4 Å². The van der Waals surface area contributed by atoms with Crippen molar-refractivity contribution in [2.75, 3.05) is 10.0 Å². The van der Waals surface area contributed by atoms with Gasteiger partial charge in [-0.05, 0) is 94.4 Å². The molecule has 0 radical (unpaired) electrons. The summed E-state index contributed by atoms with van der Waals surface area (Å²) >= 11 is 18.7. The van der Waals surface area contributed by atoms with E-state index in [1.807, 2.05) is 0 Å². The van der Waals surface area contributed by atoms with E-state index < -0.39 is 62.4 Å². The molecule has 2 amide bonds. The van der Waals surface area contributed by atoms with Gasteiger partial charge in [0.05, 0.1) is 11.2 Å². The van der Waals surface area contributed by atoms with Crippen molar-refractivity contribution in [3.63, 3.8) is 0 Å². The van der Waals surface area contributed by atoms with Gasteiger partial charge in [-0.2, -0.15) is 10.0 Å². The minimum absolute atomic E-state index is 0.106. The smallest absolute Gasteiger partial charge is 0.269 e. The van der Waals surface area contributed by atoms with E-state index in [9.17, 15) is 16.8 Å². The number of anilines is 2. The van der Waals surface area contributed by atoms with Crippen LogP contribution in [0.1, 0.15) is 27.7 Å². The number of rotatable bonds is 9. The summed E-state index contributed by atoms with van der Waals surface area (Å²) in [6, 6.07) is 21.6. The van der Waals surface area contributed by atoms with Crippen molar-refractivity contribution in [2.24, 2.45) is 0 Å². The number of hydrogen-bond donors (Lipinski definition) is 0. The highest BCUT2D eigenvalue weighted by molar-refractivity contribution is 7.94. The Balaban J connectivity index is 1.63. The van der Waals surface area contributed by atoms with Crippen molar-refractivity contribution < 1.29 is 35.2 Å². The van der Waals surface area contributed by atoms with Crippen LogP contribution in [0.25, 0.3) is 22.2 Å². The average molecular weight is 878 g/mol. The fourth-order valence-electron chi connectivity index (χ4n) is 5.52. The Morgan fingerprint density at radius 1 is 0.643 bits per heavy atom. The molecule has 10 nitrogen and oxygen atoms in total. The Hall–Kier alpha value is -4.51. The number of sulfone groups is 2. The summed E-state index contributed by atoms with van der Waals surface area (Å²) in [7, 11) is -9.96. The zero-order valence-electron chi connectivity index (χ0n) is 29.7. The first-order valence-electron chi connectivity index (χ1n) is 16.3. The predicted octanol–water partition coefficient (Wildman–Crippen LogP) is 9.38. The molecule has 290 valence electrons. The van der Waals surface area contributed by atoms with E-state index in [-0.39, 0.29) is 26.7 Å². The van der Waals surface area contributed by atoms with Crippen LogP contribution in [0.4, 0.5) is 19.7 Å². The molecule has 56 heavy (non-hydrogen) atoms. The largest absolute Gasteiger partial charge is 0.271 e. The number of hydrogen-bond acceptors (Lipinski definition) is 9. The Kier molecular flexibility index (Phi) is 11.1. The first-order chi connectivity index (χ1) is 26.2. The molecule has 0 aliphatic heterocycles. The Bertz CT molecular complexity index is 2770. The van der Waals surface area contributed by atoms with Gasteiger partial charge in [0.2, 0.25) is 5.13 Å². The summed E-state index contributed by atoms with van der Waals surface area (Å²) in [4.78, 5) is 37.8. The van der Waals surface area contributed by atoms with E-state index in [1.165, 1.54) is 11.4 Å². The van der Waals surface area contributed by atoms with Gasteiger partial charge in [-0.15, -0.1) is 11.3 Å². The number of nitrogens with zero attached hydrogens (tertiary/aromatic N) is 4. The van der Waals surface area contributed by atoms with Crippen LogP contribution < -0.4 is 10.0 Å². The van der Waals surface area contributed by atoms with Gasteiger partial charge in [-0.25, -0.2) is 35.6 Å². The third-order valence-corrected chi connectivity index (χ3v) is 15.3. The lowest BCUT2D eigenvalue weighted by Crippen LogP contribution is -2.63. The van der Waals surface area contributed by atoms with E-state index in [2.05, 4.69) is 9.97 Å². The van der Waals surface area contributed by atoms with Gasteiger partial charge >= 0.3 is 0 Å². The van der Waals surface area contributed by atoms with Crippen LogP contribution in [0.15, 0.2) is 112 Å². The number of amides is 2. The molecule has 0 saturated heterocycles. The fraction of sp³-hybridized carbons (Fsp3) is 0.158. The fourth-order valence-corrected chi connectivity index (χ4v) is 9.65. The molecule has 2 aromatic heterocycles. The number of carbonyl (C=O) groups excluding carboxylic acids is 2. The number of carbonyl (C=O) groups is 2. The van der Waals surface area contributed by atoms with Gasteiger partial charge in [0.15, 0.2) is 35.0 Å². The molecule has 0 unspecified atom stereocenters. The molecule has 0 saturated carbocycles. The standard InChI is InChI=1S/C38H29Cl3F2N4O6S3/c1-37(2,55(50,51)31-16-14-25(40)19-27(31)42)34(48)46(33-18-11-22-7-5-6-8-29(22)44-33)47(36-45-30(21-54-36)23-9-12-24(39)13-10-23)35(49)38(3,4)56(52,53)32-17-15-26(41)20-28(32)43/h5-21H,1-4H3. The highest BCUT2D eigenvalue weighted by Gasteiger charge is 2.54. The molecule has 0 bridgehead atoms. The summed E-state index contributed by atoms with van der Waals surface area (Å²) in [6.45, 7) is 4.00. The van der Waals surface area contributed by atoms with Gasteiger partial charge in [-0.1, -0.05) is 65.1 Å². The van der Waals surface area contributed by atoms with Crippen LogP contribution in [0.2, 0.25) is 15.1 Å². The molecule has 0 fully saturated rings. The topological polar surface area (TPSA) is 135 Å². The van der Waals surface area contributed by atoms with E-state index in [4.69, 9.17) is 34.8 Å². The van der Waals surface area contributed by atoms with Gasteiger partial charge in [-0.3, -0.25) is 9.59 Å². The van der Waals surface area contributed by atoms with Crippen LogP contribution in [0.3, 0.4) is 0 Å². The number of halogens is 5. The summed E-state index contributed by atoms with van der Waals surface area (Å²) in [6.07, 6.45) is 0. The second kappa shape index (κ2) is 15.1. The monoisotopic (exact) mass is 876 g/mol. The summed E-state index contributed by atoms with van der Waals surface area (Å²) in [5.41, 5.74) is 1.08. The molecule has 6 rings (SSSR count). The maximum atomic E-state index is 15.3. The van der Waals surface area contributed by atoms with Crippen molar-refractivity contribution in [1.82, 2.24) is 9.97 Å². The number of thiazole rings is 1. The van der Waals surface area contributed by atoms with Crippen LogP contribution in [-0.2, 0) is 29.3 Å². The maximum Gasteiger partial charge on any atom is 0.269 e.